The summed E-state index contributed by atoms with van der Waals surface area (Å²) in [6, 6.07) is 5.32. The van der Waals surface area contributed by atoms with Crippen molar-refractivity contribution in [2.75, 3.05) is 38.2 Å². The van der Waals surface area contributed by atoms with Crippen molar-refractivity contribution in [3.8, 4) is 5.75 Å². The van der Waals surface area contributed by atoms with E-state index in [1.54, 1.807) is 30.6 Å². The zero-order valence-corrected chi connectivity index (χ0v) is 18.4. The molecule has 33 heavy (non-hydrogen) atoms. The van der Waals surface area contributed by atoms with E-state index < -0.39 is 0 Å². The molecule has 0 spiro atoms. The molecule has 1 saturated heterocycles. The van der Waals surface area contributed by atoms with Crippen LogP contribution in [0.5, 0.6) is 5.75 Å². The molecule has 0 saturated carbocycles. The molecule has 0 radical (unpaired) electrons. The van der Waals surface area contributed by atoms with Crippen molar-refractivity contribution in [1.29, 1.82) is 0 Å². The number of hydrogen-bond acceptors (Lipinski definition) is 7. The highest BCUT2D eigenvalue weighted by molar-refractivity contribution is 5.95. The molecule has 2 aliphatic heterocycles. The fourth-order valence-electron chi connectivity index (χ4n) is 4.24. The molecule has 0 aliphatic carbocycles. The lowest BCUT2D eigenvalue weighted by Crippen LogP contribution is -2.36. The van der Waals surface area contributed by atoms with Crippen molar-refractivity contribution < 1.29 is 14.3 Å². The van der Waals surface area contributed by atoms with Crippen LogP contribution in [-0.2, 0) is 11.3 Å². The van der Waals surface area contributed by atoms with Crippen LogP contribution in [0.4, 0.5) is 11.5 Å². The Kier molecular flexibility index (Phi) is 5.45. The Balaban J connectivity index is 1.44. The van der Waals surface area contributed by atoms with Crippen LogP contribution in [0.1, 0.15) is 29.6 Å². The number of likely N-dealkylation sites (N-methyl/N-ethyl adjacent to an activating group) is 1. The molecular weight excluding hydrogens is 426 g/mol. The lowest BCUT2D eigenvalue weighted by atomic mass is 10.1. The van der Waals surface area contributed by atoms with Crippen molar-refractivity contribution >= 4 is 29.0 Å². The van der Waals surface area contributed by atoms with E-state index >= 15 is 0 Å². The smallest absolute Gasteiger partial charge is 0.350 e. The highest BCUT2D eigenvalue weighted by Crippen LogP contribution is 2.35. The molecule has 5 heterocycles. The number of piperidine rings is 1. The number of nitrogens with zero attached hydrogens (tertiary/aromatic N) is 6. The molecule has 11 heteroatoms. The summed E-state index contributed by atoms with van der Waals surface area (Å²) in [5, 5.41) is 6.77. The van der Waals surface area contributed by atoms with E-state index in [4.69, 9.17) is 4.74 Å². The SMILES string of the molecule is CNC(=O)Cn1nc2cc(N3CCOc4cc(C(=O)N5CCCCC5)cnc43)ccn2c1=O. The number of hydrogen-bond donors (Lipinski definition) is 1. The van der Waals surface area contributed by atoms with Gasteiger partial charge >= 0.3 is 5.69 Å². The fourth-order valence-corrected chi connectivity index (χ4v) is 4.24. The molecule has 1 fully saturated rings. The highest BCUT2D eigenvalue weighted by atomic mass is 16.5. The minimum Gasteiger partial charge on any atom is -0.488 e. The summed E-state index contributed by atoms with van der Waals surface area (Å²) in [6.45, 7) is 2.38. The Morgan fingerprint density at radius 1 is 1.15 bits per heavy atom. The first-order valence-corrected chi connectivity index (χ1v) is 11.0. The molecular formula is C22H25N7O4. The molecule has 172 valence electrons. The van der Waals surface area contributed by atoms with Crippen molar-refractivity contribution in [2.24, 2.45) is 0 Å². The maximum absolute atomic E-state index is 12.9. The number of ether oxygens (including phenoxy) is 1. The number of amides is 2. The summed E-state index contributed by atoms with van der Waals surface area (Å²) in [5.41, 5.74) is 1.34. The lowest BCUT2D eigenvalue weighted by Gasteiger charge is -2.31. The van der Waals surface area contributed by atoms with Crippen LogP contribution in [-0.4, -0.2) is 69.2 Å². The Hall–Kier alpha value is -3.89. The molecule has 1 N–H and O–H groups in total. The van der Waals surface area contributed by atoms with Gasteiger partial charge in [0.25, 0.3) is 5.91 Å². The third-order valence-electron chi connectivity index (χ3n) is 6.00. The highest BCUT2D eigenvalue weighted by Gasteiger charge is 2.25. The summed E-state index contributed by atoms with van der Waals surface area (Å²) >= 11 is 0. The van der Waals surface area contributed by atoms with Crippen molar-refractivity contribution in [1.82, 2.24) is 29.4 Å². The monoisotopic (exact) mass is 451 g/mol. The predicted molar refractivity (Wildman–Crippen MR) is 120 cm³/mol. The van der Waals surface area contributed by atoms with Crippen molar-refractivity contribution in [3.63, 3.8) is 0 Å². The molecule has 0 atom stereocenters. The van der Waals surface area contributed by atoms with Crippen LogP contribution in [0, 0.1) is 0 Å². The molecule has 0 unspecified atom stereocenters. The number of rotatable bonds is 4. The van der Waals surface area contributed by atoms with Gasteiger partial charge in [0, 0.05) is 44.3 Å². The second kappa shape index (κ2) is 8.57. The van der Waals surface area contributed by atoms with E-state index in [-0.39, 0.29) is 24.0 Å². The number of likely N-dealkylation sites (tertiary alicyclic amines) is 1. The Bertz CT molecular complexity index is 1280. The molecule has 0 aromatic carbocycles. The lowest BCUT2D eigenvalue weighted by molar-refractivity contribution is -0.121. The third-order valence-corrected chi connectivity index (χ3v) is 6.00. The molecule has 3 aromatic heterocycles. The van der Waals surface area contributed by atoms with E-state index in [0.717, 1.165) is 42.7 Å². The quantitative estimate of drug-likeness (QED) is 0.624. The maximum Gasteiger partial charge on any atom is 0.350 e. The number of aromatic nitrogens is 4. The largest absolute Gasteiger partial charge is 0.488 e. The summed E-state index contributed by atoms with van der Waals surface area (Å²) in [7, 11) is 1.51. The molecule has 0 bridgehead atoms. The average Bonchev–Trinajstić information content (AvgIpc) is 3.17. The van der Waals surface area contributed by atoms with Crippen LogP contribution >= 0.6 is 0 Å². The minimum atomic E-state index is -0.387. The molecule has 5 rings (SSSR count). The van der Waals surface area contributed by atoms with Gasteiger partial charge in [-0.3, -0.25) is 14.0 Å². The van der Waals surface area contributed by atoms with Gasteiger partial charge in [0.1, 0.15) is 13.2 Å². The zero-order chi connectivity index (χ0) is 22.9. The minimum absolute atomic E-state index is 0.0202. The van der Waals surface area contributed by atoms with Gasteiger partial charge in [0.05, 0.1) is 12.1 Å². The second-order valence-electron chi connectivity index (χ2n) is 8.13. The van der Waals surface area contributed by atoms with Crippen LogP contribution in [0.15, 0.2) is 35.4 Å². The Labute approximate surface area is 189 Å². The Morgan fingerprint density at radius 2 is 1.97 bits per heavy atom. The number of carbonyl (C=O) groups excluding carboxylic acids is 2. The normalized spacial score (nSPS) is 15.8. The molecule has 2 amide bonds. The summed E-state index contributed by atoms with van der Waals surface area (Å²) < 4.78 is 8.34. The third kappa shape index (κ3) is 3.90. The van der Waals surface area contributed by atoms with Crippen LogP contribution in [0.2, 0.25) is 0 Å². The van der Waals surface area contributed by atoms with E-state index in [1.807, 2.05) is 9.80 Å². The van der Waals surface area contributed by atoms with Crippen molar-refractivity contribution in [2.45, 2.75) is 25.8 Å². The van der Waals surface area contributed by atoms with E-state index in [2.05, 4.69) is 15.4 Å². The summed E-state index contributed by atoms with van der Waals surface area (Å²) in [6.07, 6.45) is 6.44. The summed E-state index contributed by atoms with van der Waals surface area (Å²) in [5.74, 6) is 0.828. The first-order chi connectivity index (χ1) is 16.0. The fraction of sp³-hybridized carbons (Fsp3) is 0.409. The second-order valence-corrected chi connectivity index (χ2v) is 8.13. The van der Waals surface area contributed by atoms with Gasteiger partial charge < -0.3 is 19.9 Å². The van der Waals surface area contributed by atoms with Gasteiger partial charge in [0.2, 0.25) is 5.91 Å². The van der Waals surface area contributed by atoms with Crippen molar-refractivity contribution in [3.05, 3.63) is 46.6 Å². The number of fused-ring (bicyclic) bond motifs is 2. The number of pyridine rings is 2. The van der Waals surface area contributed by atoms with Gasteiger partial charge in [-0.1, -0.05) is 0 Å². The maximum atomic E-state index is 12.9. The van der Waals surface area contributed by atoms with Gasteiger partial charge in [-0.15, -0.1) is 5.10 Å². The van der Waals surface area contributed by atoms with Gasteiger partial charge in [-0.05, 0) is 31.4 Å². The van der Waals surface area contributed by atoms with Crippen LogP contribution in [0.25, 0.3) is 5.65 Å². The first kappa shape index (κ1) is 21.0. The summed E-state index contributed by atoms with van der Waals surface area (Å²) in [4.78, 5) is 45.4. The van der Waals surface area contributed by atoms with Crippen LogP contribution in [0.3, 0.4) is 0 Å². The predicted octanol–water partition coefficient (Wildman–Crippen LogP) is 0.794. The number of nitrogens with one attached hydrogen (secondary N) is 1. The molecule has 2 aliphatic rings. The first-order valence-electron chi connectivity index (χ1n) is 11.0. The van der Waals surface area contributed by atoms with E-state index in [1.165, 1.54) is 11.4 Å². The standard InChI is InChI=1S/C22H25N7O4/c1-23-19(30)14-29-22(32)28-8-5-16(12-18(28)25-29)27-9-10-33-17-11-15(13-24-20(17)27)21(31)26-6-3-2-4-7-26/h5,8,11-13H,2-4,6-7,9-10,14H2,1H3,(H,23,30). The average molecular weight is 451 g/mol. The number of carbonyl (C=O) groups is 2. The number of anilines is 2. The van der Waals surface area contributed by atoms with Crippen LogP contribution < -0.4 is 20.6 Å². The Morgan fingerprint density at radius 3 is 2.76 bits per heavy atom. The molecule has 11 nitrogen and oxygen atoms in total. The van der Waals surface area contributed by atoms with Gasteiger partial charge in [-0.2, -0.15) is 0 Å². The topological polar surface area (TPSA) is 114 Å². The zero-order valence-electron chi connectivity index (χ0n) is 18.4. The molecule has 3 aromatic rings. The van der Waals surface area contributed by atoms with Gasteiger partial charge in [0.15, 0.2) is 17.2 Å². The van der Waals surface area contributed by atoms with E-state index in [9.17, 15) is 14.4 Å². The van der Waals surface area contributed by atoms with E-state index in [0.29, 0.717) is 35.9 Å². The van der Waals surface area contributed by atoms with Gasteiger partial charge in [-0.25, -0.2) is 14.5 Å².